The first-order chi connectivity index (χ1) is 15.9. The van der Waals surface area contributed by atoms with Gasteiger partial charge in [-0.15, -0.1) is 0 Å². The summed E-state index contributed by atoms with van der Waals surface area (Å²) in [5.74, 6) is 0.235. The van der Waals surface area contributed by atoms with Crippen molar-refractivity contribution in [3.63, 3.8) is 0 Å². The van der Waals surface area contributed by atoms with E-state index in [-0.39, 0.29) is 46.3 Å². The summed E-state index contributed by atoms with van der Waals surface area (Å²) < 4.78 is 26.8. The van der Waals surface area contributed by atoms with Crippen LogP contribution in [0.1, 0.15) is 0 Å². The number of phenolic OH excluding ortho intramolecular Hbond substituents is 1. The minimum atomic E-state index is -1.56. The van der Waals surface area contributed by atoms with Crippen molar-refractivity contribution in [1.29, 1.82) is 0 Å². The highest BCUT2D eigenvalue weighted by atomic mass is 16.7. The molecule has 5 N–H and O–H groups in total. The zero-order chi connectivity index (χ0) is 23.3. The van der Waals surface area contributed by atoms with Crippen molar-refractivity contribution < 1.29 is 48.9 Å². The third-order valence-electron chi connectivity index (χ3n) is 5.64. The van der Waals surface area contributed by atoms with Gasteiger partial charge in [0.05, 0.1) is 12.2 Å². The maximum atomic E-state index is 13.1. The Bertz CT molecular complexity index is 1230. The highest BCUT2D eigenvalue weighted by molar-refractivity contribution is 5.91. The van der Waals surface area contributed by atoms with Crippen LogP contribution in [0.4, 0.5) is 0 Å². The van der Waals surface area contributed by atoms with Gasteiger partial charge in [-0.25, -0.2) is 0 Å². The SMILES string of the molecule is O=c1c(-c2ccc(O[C@@H]3O[C@H](CO)[C@@H](O)[C@H](O)[C@H]3O)cc2)coc2cc3c(c(O)c12)OCO3. The third kappa shape index (κ3) is 3.56. The molecule has 2 aliphatic rings. The Morgan fingerprint density at radius 2 is 1.79 bits per heavy atom. The Morgan fingerprint density at radius 3 is 2.52 bits per heavy atom. The number of benzene rings is 2. The second kappa shape index (κ2) is 8.21. The number of phenols is 1. The van der Waals surface area contributed by atoms with Crippen LogP contribution >= 0.6 is 0 Å². The molecular formula is C22H20O11. The summed E-state index contributed by atoms with van der Waals surface area (Å²) in [5.41, 5.74) is 0.308. The first-order valence-corrected chi connectivity index (χ1v) is 10.0. The molecule has 11 heteroatoms. The lowest BCUT2D eigenvalue weighted by Crippen LogP contribution is -2.60. The normalized spacial score (nSPS) is 26.5. The Kier molecular flexibility index (Phi) is 5.35. The van der Waals surface area contributed by atoms with Gasteiger partial charge in [0, 0.05) is 6.07 Å². The van der Waals surface area contributed by atoms with Crippen LogP contribution in [0.3, 0.4) is 0 Å². The fourth-order valence-electron chi connectivity index (χ4n) is 3.84. The van der Waals surface area contributed by atoms with E-state index in [0.717, 1.165) is 0 Å². The molecule has 0 bridgehead atoms. The van der Waals surface area contributed by atoms with E-state index in [0.29, 0.717) is 5.56 Å². The predicted octanol–water partition coefficient (Wildman–Crippen LogP) is 0.0730. The number of aliphatic hydroxyl groups is 4. The fourth-order valence-corrected chi connectivity index (χ4v) is 3.84. The van der Waals surface area contributed by atoms with Crippen LogP contribution in [-0.4, -0.2) is 69.6 Å². The molecule has 174 valence electrons. The van der Waals surface area contributed by atoms with Gasteiger partial charge in [0.15, 0.2) is 11.5 Å². The number of aromatic hydroxyl groups is 1. The summed E-state index contributed by atoms with van der Waals surface area (Å²) in [6, 6.07) is 7.59. The van der Waals surface area contributed by atoms with Gasteiger partial charge in [0.1, 0.15) is 47.4 Å². The summed E-state index contributed by atoms with van der Waals surface area (Å²) >= 11 is 0. The minimum absolute atomic E-state index is 0.0432. The lowest BCUT2D eigenvalue weighted by atomic mass is 9.99. The second-order valence-corrected chi connectivity index (χ2v) is 7.65. The molecule has 2 aliphatic heterocycles. The topological polar surface area (TPSA) is 168 Å². The van der Waals surface area contributed by atoms with E-state index in [1.54, 1.807) is 12.1 Å². The van der Waals surface area contributed by atoms with Gasteiger partial charge in [-0.1, -0.05) is 12.1 Å². The van der Waals surface area contributed by atoms with E-state index >= 15 is 0 Å². The highest BCUT2D eigenvalue weighted by Crippen LogP contribution is 2.44. The summed E-state index contributed by atoms with van der Waals surface area (Å²) in [4.78, 5) is 13.1. The molecule has 5 atom stereocenters. The van der Waals surface area contributed by atoms with Crippen molar-refractivity contribution in [3.8, 4) is 34.1 Å². The average Bonchev–Trinajstić information content (AvgIpc) is 3.29. The Balaban J connectivity index is 1.42. The van der Waals surface area contributed by atoms with Gasteiger partial charge < -0.3 is 48.9 Å². The lowest BCUT2D eigenvalue weighted by molar-refractivity contribution is -0.277. The molecule has 0 aliphatic carbocycles. The molecule has 11 nitrogen and oxygen atoms in total. The van der Waals surface area contributed by atoms with Gasteiger partial charge >= 0.3 is 0 Å². The number of hydrogen-bond donors (Lipinski definition) is 5. The fraction of sp³-hybridized carbons (Fsp3) is 0.318. The zero-order valence-electron chi connectivity index (χ0n) is 17.0. The number of ether oxygens (including phenoxy) is 4. The molecular weight excluding hydrogens is 440 g/mol. The first kappa shape index (κ1) is 21.5. The molecule has 0 amide bonds. The molecule has 0 saturated carbocycles. The van der Waals surface area contributed by atoms with E-state index in [1.165, 1.54) is 24.5 Å². The molecule has 1 fully saturated rings. The van der Waals surface area contributed by atoms with Crippen LogP contribution in [0.2, 0.25) is 0 Å². The van der Waals surface area contributed by atoms with Gasteiger partial charge in [0.2, 0.25) is 24.3 Å². The first-order valence-electron chi connectivity index (χ1n) is 10.0. The molecule has 2 aromatic carbocycles. The predicted molar refractivity (Wildman–Crippen MR) is 110 cm³/mol. The quantitative estimate of drug-likeness (QED) is 0.357. The van der Waals surface area contributed by atoms with E-state index < -0.39 is 42.7 Å². The minimum Gasteiger partial charge on any atom is -0.504 e. The molecule has 33 heavy (non-hydrogen) atoms. The van der Waals surface area contributed by atoms with Crippen LogP contribution in [0.15, 0.2) is 45.8 Å². The number of rotatable bonds is 4. The maximum Gasteiger partial charge on any atom is 0.231 e. The van der Waals surface area contributed by atoms with E-state index in [4.69, 9.17) is 23.4 Å². The standard InChI is InChI=1S/C22H20O11/c23-6-14-17(25)19(27)20(28)22(33-14)32-10-3-1-9(2-4-10)11-7-29-12-5-13-21(31-8-30-13)18(26)15(12)16(11)24/h1-5,7,14,17,19-20,22-23,25-28H,6,8H2/t14-,17-,19+,20-,22-/m1/s1. The van der Waals surface area contributed by atoms with E-state index in [2.05, 4.69) is 0 Å². The van der Waals surface area contributed by atoms with Crippen molar-refractivity contribution in [3.05, 3.63) is 46.8 Å². The molecule has 3 aromatic rings. The summed E-state index contributed by atoms with van der Waals surface area (Å²) in [7, 11) is 0. The third-order valence-corrected chi connectivity index (χ3v) is 5.64. The zero-order valence-corrected chi connectivity index (χ0v) is 17.0. The lowest BCUT2D eigenvalue weighted by Gasteiger charge is -2.39. The average molecular weight is 460 g/mol. The Hall–Kier alpha value is -3.35. The van der Waals surface area contributed by atoms with Crippen LogP contribution in [-0.2, 0) is 4.74 Å². The Labute approximate surface area is 185 Å². The highest BCUT2D eigenvalue weighted by Gasteiger charge is 2.44. The van der Waals surface area contributed by atoms with Crippen LogP contribution < -0.4 is 19.6 Å². The van der Waals surface area contributed by atoms with Gasteiger partial charge in [-0.3, -0.25) is 4.79 Å². The smallest absolute Gasteiger partial charge is 0.231 e. The Morgan fingerprint density at radius 1 is 1.03 bits per heavy atom. The molecule has 3 heterocycles. The number of aliphatic hydroxyl groups excluding tert-OH is 4. The van der Waals surface area contributed by atoms with Gasteiger partial charge in [0.25, 0.3) is 0 Å². The van der Waals surface area contributed by atoms with Crippen molar-refractivity contribution in [2.24, 2.45) is 0 Å². The van der Waals surface area contributed by atoms with E-state index in [1.807, 2.05) is 0 Å². The van der Waals surface area contributed by atoms with Gasteiger partial charge in [-0.2, -0.15) is 0 Å². The summed E-state index contributed by atoms with van der Waals surface area (Å²) in [5, 5.41) is 49.6. The summed E-state index contributed by atoms with van der Waals surface area (Å²) in [6.45, 7) is -0.648. The monoisotopic (exact) mass is 460 g/mol. The molecule has 0 spiro atoms. The number of hydrogen-bond acceptors (Lipinski definition) is 11. The molecule has 1 saturated heterocycles. The van der Waals surface area contributed by atoms with Gasteiger partial charge in [-0.05, 0) is 17.7 Å². The van der Waals surface area contributed by atoms with Crippen LogP contribution in [0, 0.1) is 0 Å². The maximum absolute atomic E-state index is 13.1. The molecule has 0 radical (unpaired) electrons. The van der Waals surface area contributed by atoms with Crippen LogP contribution in [0.5, 0.6) is 23.0 Å². The number of fused-ring (bicyclic) bond motifs is 2. The molecule has 1 aromatic heterocycles. The molecule has 5 rings (SSSR count). The van der Waals surface area contributed by atoms with Crippen molar-refractivity contribution in [2.75, 3.05) is 13.4 Å². The second-order valence-electron chi connectivity index (χ2n) is 7.65. The van der Waals surface area contributed by atoms with Crippen molar-refractivity contribution >= 4 is 11.0 Å². The van der Waals surface area contributed by atoms with Crippen LogP contribution in [0.25, 0.3) is 22.1 Å². The van der Waals surface area contributed by atoms with Crippen molar-refractivity contribution in [1.82, 2.24) is 0 Å². The van der Waals surface area contributed by atoms with E-state index in [9.17, 15) is 30.3 Å². The largest absolute Gasteiger partial charge is 0.504 e. The molecule has 0 unspecified atom stereocenters. The van der Waals surface area contributed by atoms with Crippen molar-refractivity contribution in [2.45, 2.75) is 30.7 Å². The summed E-state index contributed by atoms with van der Waals surface area (Å²) in [6.07, 6.45) is -5.78.